The molecule has 2 heterocycles. The second kappa shape index (κ2) is 6.14. The number of nitrogens with zero attached hydrogens (tertiary/aromatic N) is 2. The molecule has 0 amide bonds. The van der Waals surface area contributed by atoms with E-state index in [2.05, 4.69) is 40.1 Å². The first-order valence-corrected chi connectivity index (χ1v) is 7.39. The molecule has 1 aromatic heterocycles. The molecule has 0 spiro atoms. The quantitative estimate of drug-likeness (QED) is 0.846. The number of benzene rings is 1. The summed E-state index contributed by atoms with van der Waals surface area (Å²) < 4.78 is 7.37. The molecule has 0 saturated carbocycles. The van der Waals surface area contributed by atoms with Gasteiger partial charge >= 0.3 is 0 Å². The highest BCUT2D eigenvalue weighted by molar-refractivity contribution is 5.38. The molecule has 2 aromatic rings. The Balaban J connectivity index is 1.68. The molecule has 3 nitrogen and oxygen atoms in total. The Kier molecular flexibility index (Phi) is 4.07. The van der Waals surface area contributed by atoms with Gasteiger partial charge in [-0.25, -0.2) is 0 Å². The van der Waals surface area contributed by atoms with Gasteiger partial charge < -0.3 is 9.30 Å². The van der Waals surface area contributed by atoms with E-state index in [1.54, 1.807) is 7.11 Å². The Bertz CT molecular complexity index is 538. The number of methoxy groups -OCH3 is 1. The molecule has 0 unspecified atom stereocenters. The van der Waals surface area contributed by atoms with Crippen molar-refractivity contribution in [2.24, 2.45) is 0 Å². The SMILES string of the molecule is COc1ccc(-n2ccc(CN3CCCCC3)c2)cc1. The summed E-state index contributed by atoms with van der Waals surface area (Å²) in [6, 6.07) is 10.4. The minimum absolute atomic E-state index is 0.898. The van der Waals surface area contributed by atoms with Crippen LogP contribution in [0.2, 0.25) is 0 Å². The second-order valence-corrected chi connectivity index (χ2v) is 5.46. The van der Waals surface area contributed by atoms with Crippen molar-refractivity contribution in [2.75, 3.05) is 20.2 Å². The molecule has 0 atom stereocenters. The fraction of sp³-hybridized carbons (Fsp3) is 0.412. The van der Waals surface area contributed by atoms with E-state index in [1.165, 1.54) is 43.6 Å². The molecular formula is C17H22N2O. The molecule has 20 heavy (non-hydrogen) atoms. The van der Waals surface area contributed by atoms with Gasteiger partial charge in [0.2, 0.25) is 0 Å². The van der Waals surface area contributed by atoms with Gasteiger partial charge in [0.15, 0.2) is 0 Å². The zero-order valence-electron chi connectivity index (χ0n) is 12.1. The molecule has 0 bridgehead atoms. The number of hydrogen-bond acceptors (Lipinski definition) is 2. The van der Waals surface area contributed by atoms with Crippen LogP contribution in [0.15, 0.2) is 42.7 Å². The number of aromatic nitrogens is 1. The standard InChI is InChI=1S/C17H22N2O/c1-20-17-7-5-16(6-8-17)19-12-9-15(14-19)13-18-10-3-2-4-11-18/h5-9,12,14H,2-4,10-11,13H2,1H3. The zero-order valence-corrected chi connectivity index (χ0v) is 12.1. The Labute approximate surface area is 120 Å². The van der Waals surface area contributed by atoms with Gasteiger partial charge in [0, 0.05) is 24.6 Å². The summed E-state index contributed by atoms with van der Waals surface area (Å²) in [7, 11) is 1.70. The summed E-state index contributed by atoms with van der Waals surface area (Å²) >= 11 is 0. The van der Waals surface area contributed by atoms with Crippen molar-refractivity contribution in [3.63, 3.8) is 0 Å². The van der Waals surface area contributed by atoms with E-state index >= 15 is 0 Å². The van der Waals surface area contributed by atoms with Gasteiger partial charge in [0.05, 0.1) is 7.11 Å². The lowest BCUT2D eigenvalue weighted by atomic mass is 10.1. The average molecular weight is 270 g/mol. The van der Waals surface area contributed by atoms with Crippen LogP contribution in [0, 0.1) is 0 Å². The van der Waals surface area contributed by atoms with Crippen LogP contribution in [0.4, 0.5) is 0 Å². The van der Waals surface area contributed by atoms with E-state index in [-0.39, 0.29) is 0 Å². The van der Waals surface area contributed by atoms with Crippen LogP contribution in [-0.2, 0) is 6.54 Å². The Morgan fingerprint density at radius 1 is 1.00 bits per heavy atom. The predicted octanol–water partition coefficient (Wildman–Crippen LogP) is 3.47. The molecule has 1 aliphatic rings. The first-order valence-electron chi connectivity index (χ1n) is 7.39. The molecule has 0 radical (unpaired) electrons. The highest BCUT2D eigenvalue weighted by Crippen LogP contribution is 2.18. The van der Waals surface area contributed by atoms with E-state index in [0.717, 1.165) is 12.3 Å². The summed E-state index contributed by atoms with van der Waals surface area (Å²) in [4.78, 5) is 2.55. The monoisotopic (exact) mass is 270 g/mol. The van der Waals surface area contributed by atoms with Gasteiger partial charge in [-0.05, 0) is 61.8 Å². The minimum Gasteiger partial charge on any atom is -0.497 e. The van der Waals surface area contributed by atoms with Crippen molar-refractivity contribution in [1.29, 1.82) is 0 Å². The van der Waals surface area contributed by atoms with E-state index < -0.39 is 0 Å². The van der Waals surface area contributed by atoms with Crippen LogP contribution in [0.5, 0.6) is 5.75 Å². The Morgan fingerprint density at radius 2 is 1.75 bits per heavy atom. The maximum absolute atomic E-state index is 5.19. The fourth-order valence-electron chi connectivity index (χ4n) is 2.82. The van der Waals surface area contributed by atoms with Gasteiger partial charge in [0.1, 0.15) is 5.75 Å². The van der Waals surface area contributed by atoms with Crippen molar-refractivity contribution < 1.29 is 4.74 Å². The lowest BCUT2D eigenvalue weighted by Gasteiger charge is -2.25. The summed E-state index contributed by atoms with van der Waals surface area (Å²) in [5, 5.41) is 0. The maximum atomic E-state index is 5.19. The molecule has 0 N–H and O–H groups in total. The first-order chi connectivity index (χ1) is 9.85. The lowest BCUT2D eigenvalue weighted by molar-refractivity contribution is 0.221. The van der Waals surface area contributed by atoms with E-state index in [9.17, 15) is 0 Å². The Morgan fingerprint density at radius 3 is 2.45 bits per heavy atom. The summed E-state index contributed by atoms with van der Waals surface area (Å²) in [5.74, 6) is 0.898. The molecule has 1 saturated heterocycles. The number of rotatable bonds is 4. The van der Waals surface area contributed by atoms with Crippen molar-refractivity contribution in [3.8, 4) is 11.4 Å². The molecular weight excluding hydrogens is 248 g/mol. The first kappa shape index (κ1) is 13.3. The molecule has 1 fully saturated rings. The van der Waals surface area contributed by atoms with Crippen LogP contribution >= 0.6 is 0 Å². The number of piperidine rings is 1. The topological polar surface area (TPSA) is 17.4 Å². The van der Waals surface area contributed by atoms with Crippen molar-refractivity contribution in [2.45, 2.75) is 25.8 Å². The van der Waals surface area contributed by atoms with Crippen LogP contribution in [-0.4, -0.2) is 29.7 Å². The van der Waals surface area contributed by atoms with Gasteiger partial charge in [-0.15, -0.1) is 0 Å². The van der Waals surface area contributed by atoms with E-state index in [0.29, 0.717) is 0 Å². The summed E-state index contributed by atoms with van der Waals surface area (Å²) in [6.07, 6.45) is 8.46. The third-order valence-corrected chi connectivity index (χ3v) is 3.98. The van der Waals surface area contributed by atoms with Gasteiger partial charge in [-0.3, -0.25) is 4.90 Å². The second-order valence-electron chi connectivity index (χ2n) is 5.46. The van der Waals surface area contributed by atoms with Gasteiger partial charge in [-0.2, -0.15) is 0 Å². The average Bonchev–Trinajstić information content (AvgIpc) is 2.97. The molecule has 0 aliphatic carbocycles. The smallest absolute Gasteiger partial charge is 0.119 e. The van der Waals surface area contributed by atoms with Crippen LogP contribution in [0.3, 0.4) is 0 Å². The molecule has 1 aliphatic heterocycles. The lowest BCUT2D eigenvalue weighted by Crippen LogP contribution is -2.28. The molecule has 3 heteroatoms. The van der Waals surface area contributed by atoms with Crippen LogP contribution in [0.1, 0.15) is 24.8 Å². The fourth-order valence-corrected chi connectivity index (χ4v) is 2.82. The summed E-state index contributed by atoms with van der Waals surface area (Å²) in [5.41, 5.74) is 2.57. The van der Waals surface area contributed by atoms with Crippen molar-refractivity contribution >= 4 is 0 Å². The molecule has 1 aromatic carbocycles. The number of likely N-dealkylation sites (tertiary alicyclic amines) is 1. The zero-order chi connectivity index (χ0) is 13.8. The largest absolute Gasteiger partial charge is 0.497 e. The maximum Gasteiger partial charge on any atom is 0.119 e. The minimum atomic E-state index is 0.898. The third-order valence-electron chi connectivity index (χ3n) is 3.98. The van der Waals surface area contributed by atoms with Crippen LogP contribution in [0.25, 0.3) is 5.69 Å². The highest BCUT2D eigenvalue weighted by Gasteiger charge is 2.11. The van der Waals surface area contributed by atoms with E-state index in [1.807, 2.05) is 12.1 Å². The van der Waals surface area contributed by atoms with E-state index in [4.69, 9.17) is 4.74 Å². The normalized spacial score (nSPS) is 16.2. The number of hydrogen-bond donors (Lipinski definition) is 0. The number of ether oxygens (including phenoxy) is 1. The van der Waals surface area contributed by atoms with Gasteiger partial charge in [0.25, 0.3) is 0 Å². The van der Waals surface area contributed by atoms with Crippen molar-refractivity contribution in [3.05, 3.63) is 48.3 Å². The third kappa shape index (κ3) is 3.05. The van der Waals surface area contributed by atoms with Crippen molar-refractivity contribution in [1.82, 2.24) is 9.47 Å². The molecule has 3 rings (SSSR count). The van der Waals surface area contributed by atoms with Gasteiger partial charge in [-0.1, -0.05) is 6.42 Å². The van der Waals surface area contributed by atoms with Crippen LogP contribution < -0.4 is 4.74 Å². The Hall–Kier alpha value is -1.74. The summed E-state index contributed by atoms with van der Waals surface area (Å²) in [6.45, 7) is 3.56. The highest BCUT2D eigenvalue weighted by atomic mass is 16.5. The predicted molar refractivity (Wildman–Crippen MR) is 81.4 cm³/mol. The molecule has 106 valence electrons.